The van der Waals surface area contributed by atoms with E-state index in [4.69, 9.17) is 0 Å². The van der Waals surface area contributed by atoms with E-state index in [9.17, 15) is 18.4 Å². The summed E-state index contributed by atoms with van der Waals surface area (Å²) in [6.45, 7) is -2.87. The Hall–Kier alpha value is -3.23. The number of fused-ring (bicyclic) bond motifs is 1. The van der Waals surface area contributed by atoms with E-state index in [1.807, 2.05) is 0 Å². The van der Waals surface area contributed by atoms with Crippen molar-refractivity contribution in [2.75, 3.05) is 6.54 Å². The Bertz CT molecular complexity index is 952. The Morgan fingerprint density at radius 3 is 2.60 bits per heavy atom. The van der Waals surface area contributed by atoms with Gasteiger partial charge < -0.3 is 10.1 Å². The van der Waals surface area contributed by atoms with E-state index < -0.39 is 18.2 Å². The summed E-state index contributed by atoms with van der Waals surface area (Å²) < 4.78 is 29.8. The van der Waals surface area contributed by atoms with Gasteiger partial charge in [-0.05, 0) is 22.9 Å². The van der Waals surface area contributed by atoms with Gasteiger partial charge in [-0.25, -0.2) is 9.89 Å². The van der Waals surface area contributed by atoms with Crippen molar-refractivity contribution in [1.29, 1.82) is 0 Å². The minimum Gasteiger partial charge on any atom is -0.434 e. The fraction of sp³-hybridized carbons (Fsp3) is 0.188. The largest absolute Gasteiger partial charge is 0.434 e. The Labute approximate surface area is 140 Å². The second kappa shape index (κ2) is 7.12. The van der Waals surface area contributed by atoms with E-state index >= 15 is 0 Å². The van der Waals surface area contributed by atoms with Crippen LogP contribution >= 0.6 is 0 Å². The van der Waals surface area contributed by atoms with Gasteiger partial charge >= 0.3 is 12.3 Å². The molecule has 0 spiro atoms. The maximum atomic E-state index is 12.6. The van der Waals surface area contributed by atoms with Crippen molar-refractivity contribution < 1.29 is 18.3 Å². The summed E-state index contributed by atoms with van der Waals surface area (Å²) >= 11 is 0. The van der Waals surface area contributed by atoms with Gasteiger partial charge in [-0.1, -0.05) is 24.3 Å². The number of H-pyrrole nitrogens is 2. The first kappa shape index (κ1) is 16.6. The van der Waals surface area contributed by atoms with Crippen LogP contribution in [0.1, 0.15) is 16.2 Å². The molecule has 0 saturated heterocycles. The van der Waals surface area contributed by atoms with E-state index in [1.165, 1.54) is 12.1 Å². The Morgan fingerprint density at radius 1 is 1.24 bits per heavy atom. The number of ether oxygens (including phenoxy) is 1. The van der Waals surface area contributed by atoms with Gasteiger partial charge in [-0.2, -0.15) is 13.9 Å². The first-order valence-electron chi connectivity index (χ1n) is 7.42. The monoisotopic (exact) mass is 348 g/mol. The van der Waals surface area contributed by atoms with Crippen molar-refractivity contribution in [3.63, 3.8) is 0 Å². The zero-order chi connectivity index (χ0) is 17.8. The molecule has 1 amide bonds. The molecule has 0 bridgehead atoms. The minimum atomic E-state index is -3.04. The average molecular weight is 348 g/mol. The second-order valence-corrected chi connectivity index (χ2v) is 5.20. The molecule has 0 aliphatic rings. The van der Waals surface area contributed by atoms with Crippen LogP contribution in [0.4, 0.5) is 8.78 Å². The van der Waals surface area contributed by atoms with Crippen molar-refractivity contribution in [2.24, 2.45) is 0 Å². The van der Waals surface area contributed by atoms with Gasteiger partial charge in [0.1, 0.15) is 11.6 Å². The maximum Gasteiger partial charge on any atom is 0.387 e. The molecule has 25 heavy (non-hydrogen) atoms. The molecule has 2 aromatic carbocycles. The molecule has 0 aliphatic heterocycles. The molecule has 9 heteroatoms. The lowest BCUT2D eigenvalue weighted by Gasteiger charge is -2.12. The van der Waals surface area contributed by atoms with Crippen LogP contribution in [0, 0.1) is 0 Å². The minimum absolute atomic E-state index is 0.00882. The van der Waals surface area contributed by atoms with Crippen molar-refractivity contribution in [2.45, 2.75) is 13.0 Å². The third-order valence-corrected chi connectivity index (χ3v) is 3.51. The number of rotatable bonds is 6. The fourth-order valence-electron chi connectivity index (χ4n) is 2.40. The van der Waals surface area contributed by atoms with Crippen LogP contribution in [0.25, 0.3) is 10.8 Å². The maximum absolute atomic E-state index is 12.6. The molecule has 0 unspecified atom stereocenters. The lowest BCUT2D eigenvalue weighted by molar-refractivity contribution is -0.0500. The van der Waals surface area contributed by atoms with E-state index in [-0.39, 0.29) is 24.3 Å². The molecule has 3 rings (SSSR count). The lowest BCUT2D eigenvalue weighted by atomic mass is 10.1. The first-order valence-corrected chi connectivity index (χ1v) is 7.42. The van der Waals surface area contributed by atoms with Crippen LogP contribution in [0.3, 0.4) is 0 Å². The molecule has 130 valence electrons. The number of halogens is 2. The molecule has 0 radical (unpaired) electrons. The van der Waals surface area contributed by atoms with Gasteiger partial charge in [0.15, 0.2) is 0 Å². The van der Waals surface area contributed by atoms with Gasteiger partial charge in [-0.3, -0.25) is 9.78 Å². The zero-order valence-electron chi connectivity index (χ0n) is 12.9. The number of aromatic amines is 2. The van der Waals surface area contributed by atoms with E-state index in [0.29, 0.717) is 11.2 Å². The van der Waals surface area contributed by atoms with Gasteiger partial charge in [0.2, 0.25) is 0 Å². The number of benzene rings is 2. The highest BCUT2D eigenvalue weighted by atomic mass is 19.3. The quantitative estimate of drug-likeness (QED) is 0.633. The molecule has 0 fully saturated rings. The molecule has 0 saturated carbocycles. The highest BCUT2D eigenvalue weighted by Crippen LogP contribution is 2.27. The number of alkyl halides is 2. The van der Waals surface area contributed by atoms with Crippen LogP contribution in [-0.2, 0) is 6.42 Å². The second-order valence-electron chi connectivity index (χ2n) is 5.20. The molecule has 1 aromatic heterocycles. The van der Waals surface area contributed by atoms with Crippen molar-refractivity contribution in [3.8, 4) is 5.75 Å². The number of hydrogen-bond donors (Lipinski definition) is 3. The SMILES string of the molecule is O=C(NCCc1n[nH]c(=O)[nH]1)c1cc2ccccc2cc1OC(F)F. The summed E-state index contributed by atoms with van der Waals surface area (Å²) in [5.74, 6) is -0.369. The number of aromatic nitrogens is 3. The average Bonchev–Trinajstić information content (AvgIpc) is 2.99. The summed E-state index contributed by atoms with van der Waals surface area (Å²) in [7, 11) is 0. The third kappa shape index (κ3) is 4.00. The summed E-state index contributed by atoms with van der Waals surface area (Å²) in [4.78, 5) is 25.7. The highest BCUT2D eigenvalue weighted by molar-refractivity contribution is 6.01. The number of nitrogens with zero attached hydrogens (tertiary/aromatic N) is 1. The Kier molecular flexibility index (Phi) is 4.73. The number of amides is 1. The number of carbonyl (C=O) groups is 1. The van der Waals surface area contributed by atoms with Gasteiger partial charge in [-0.15, -0.1) is 0 Å². The topological polar surface area (TPSA) is 99.9 Å². The van der Waals surface area contributed by atoms with E-state index in [2.05, 4.69) is 25.2 Å². The van der Waals surface area contributed by atoms with Crippen molar-refractivity contribution >= 4 is 16.7 Å². The van der Waals surface area contributed by atoms with Crippen LogP contribution in [0.15, 0.2) is 41.2 Å². The Morgan fingerprint density at radius 2 is 1.96 bits per heavy atom. The van der Waals surface area contributed by atoms with Crippen LogP contribution < -0.4 is 15.7 Å². The molecule has 1 heterocycles. The van der Waals surface area contributed by atoms with Crippen LogP contribution in [0.2, 0.25) is 0 Å². The van der Waals surface area contributed by atoms with E-state index in [0.717, 1.165) is 5.39 Å². The summed E-state index contributed by atoms with van der Waals surface area (Å²) in [5, 5.41) is 9.93. The molecular weight excluding hydrogens is 334 g/mol. The highest BCUT2D eigenvalue weighted by Gasteiger charge is 2.17. The molecule has 3 N–H and O–H groups in total. The number of carbonyl (C=O) groups excluding carboxylic acids is 1. The molecule has 3 aromatic rings. The van der Waals surface area contributed by atoms with Crippen LogP contribution in [0.5, 0.6) is 5.75 Å². The van der Waals surface area contributed by atoms with Gasteiger partial charge in [0, 0.05) is 13.0 Å². The van der Waals surface area contributed by atoms with Crippen molar-refractivity contribution in [1.82, 2.24) is 20.5 Å². The third-order valence-electron chi connectivity index (χ3n) is 3.51. The van der Waals surface area contributed by atoms with E-state index in [1.54, 1.807) is 24.3 Å². The number of nitrogens with one attached hydrogen (secondary N) is 3. The predicted octanol–water partition coefficient (Wildman–Crippen LogP) is 1.83. The summed E-state index contributed by atoms with van der Waals surface area (Å²) in [6.07, 6.45) is 0.281. The summed E-state index contributed by atoms with van der Waals surface area (Å²) in [6, 6.07) is 9.96. The normalized spacial score (nSPS) is 11.0. The predicted molar refractivity (Wildman–Crippen MR) is 85.8 cm³/mol. The lowest BCUT2D eigenvalue weighted by Crippen LogP contribution is -2.27. The number of hydrogen-bond acceptors (Lipinski definition) is 4. The van der Waals surface area contributed by atoms with Crippen molar-refractivity contribution in [3.05, 3.63) is 58.3 Å². The first-order chi connectivity index (χ1) is 12.0. The Balaban J connectivity index is 1.79. The van der Waals surface area contributed by atoms with Gasteiger partial charge in [0.05, 0.1) is 5.56 Å². The fourth-order valence-corrected chi connectivity index (χ4v) is 2.40. The standard InChI is InChI=1S/C16H14F2N4O3/c17-15(18)25-12-8-10-4-2-1-3-9(10)7-11(12)14(23)19-6-5-13-20-16(24)22-21-13/h1-4,7-8,15H,5-6H2,(H,19,23)(H2,20,21,22,24). The zero-order valence-corrected chi connectivity index (χ0v) is 12.9. The van der Waals surface area contributed by atoms with Crippen LogP contribution in [-0.4, -0.2) is 34.2 Å². The molecule has 0 aliphatic carbocycles. The molecular formula is C16H14F2N4O3. The smallest absolute Gasteiger partial charge is 0.387 e. The summed E-state index contributed by atoms with van der Waals surface area (Å²) in [5.41, 5.74) is -0.432. The molecule has 0 atom stereocenters. The van der Waals surface area contributed by atoms with Gasteiger partial charge in [0.25, 0.3) is 5.91 Å². The molecule has 7 nitrogen and oxygen atoms in total.